The topological polar surface area (TPSA) is 62.3 Å². The number of hydrogen-bond donors (Lipinski definition) is 2. The van der Waals surface area contributed by atoms with Crippen LogP contribution in [0.5, 0.6) is 5.75 Å². The van der Waals surface area contributed by atoms with Gasteiger partial charge in [-0.25, -0.2) is 0 Å². The number of ether oxygens (including phenoxy) is 1. The van der Waals surface area contributed by atoms with Gasteiger partial charge in [0.1, 0.15) is 11.6 Å². The minimum atomic E-state index is 0.0837. The molecule has 1 unspecified atom stereocenters. The molecular formula is C16H27N3O. The highest BCUT2D eigenvalue weighted by Crippen LogP contribution is 2.27. The maximum Gasteiger partial charge on any atom is 0.123 e. The van der Waals surface area contributed by atoms with Crippen LogP contribution in [0.3, 0.4) is 0 Å². The van der Waals surface area contributed by atoms with Crippen LogP contribution in [0.25, 0.3) is 0 Å². The van der Waals surface area contributed by atoms with Crippen LogP contribution in [0, 0.1) is 10.8 Å². The van der Waals surface area contributed by atoms with E-state index >= 15 is 0 Å². The van der Waals surface area contributed by atoms with Gasteiger partial charge in [0, 0.05) is 23.7 Å². The van der Waals surface area contributed by atoms with Crippen molar-refractivity contribution in [2.75, 3.05) is 14.2 Å². The summed E-state index contributed by atoms with van der Waals surface area (Å²) < 4.78 is 5.41. The van der Waals surface area contributed by atoms with Crippen LogP contribution in [-0.4, -0.2) is 30.9 Å². The van der Waals surface area contributed by atoms with Gasteiger partial charge < -0.3 is 10.5 Å². The van der Waals surface area contributed by atoms with E-state index in [0.29, 0.717) is 6.04 Å². The smallest absolute Gasteiger partial charge is 0.123 e. The van der Waals surface area contributed by atoms with Crippen LogP contribution in [0.4, 0.5) is 0 Å². The van der Waals surface area contributed by atoms with Crippen LogP contribution in [0.2, 0.25) is 0 Å². The molecular weight excluding hydrogens is 250 g/mol. The van der Waals surface area contributed by atoms with Crippen molar-refractivity contribution in [3.05, 3.63) is 29.3 Å². The van der Waals surface area contributed by atoms with Crippen molar-refractivity contribution in [1.82, 2.24) is 4.90 Å². The van der Waals surface area contributed by atoms with Crippen LogP contribution >= 0.6 is 0 Å². The quantitative estimate of drug-likeness (QED) is 0.642. The number of methoxy groups -OCH3 is 1. The van der Waals surface area contributed by atoms with Gasteiger partial charge in [0.05, 0.1) is 7.11 Å². The molecule has 1 aromatic carbocycles. The molecule has 112 valence electrons. The molecule has 0 aliphatic heterocycles. The Hall–Kier alpha value is -1.55. The van der Waals surface area contributed by atoms with Crippen LogP contribution < -0.4 is 10.5 Å². The summed E-state index contributed by atoms with van der Waals surface area (Å²) >= 11 is 0. The van der Waals surface area contributed by atoms with Gasteiger partial charge in [-0.3, -0.25) is 10.3 Å². The number of benzene rings is 1. The number of nitrogens with one attached hydrogen (secondary N) is 1. The Morgan fingerprint density at radius 1 is 1.40 bits per heavy atom. The van der Waals surface area contributed by atoms with Crippen LogP contribution in [0.1, 0.15) is 38.8 Å². The third-order valence-electron chi connectivity index (χ3n) is 3.93. The van der Waals surface area contributed by atoms with Gasteiger partial charge in [0.15, 0.2) is 0 Å². The van der Waals surface area contributed by atoms with E-state index in [-0.39, 0.29) is 11.3 Å². The fourth-order valence-corrected chi connectivity index (χ4v) is 2.14. The predicted octanol–water partition coefficient (Wildman–Crippen LogP) is 2.85. The molecule has 1 atom stereocenters. The molecule has 0 spiro atoms. The Kier molecular flexibility index (Phi) is 5.17. The van der Waals surface area contributed by atoms with Gasteiger partial charge >= 0.3 is 0 Å². The molecule has 1 aromatic rings. The summed E-state index contributed by atoms with van der Waals surface area (Å²) in [6.45, 7) is 9.69. The lowest BCUT2D eigenvalue weighted by Crippen LogP contribution is -2.38. The Morgan fingerprint density at radius 3 is 2.45 bits per heavy atom. The third kappa shape index (κ3) is 3.97. The zero-order chi connectivity index (χ0) is 15.5. The van der Waals surface area contributed by atoms with Gasteiger partial charge in [0.2, 0.25) is 0 Å². The maximum atomic E-state index is 7.55. The Labute approximate surface area is 122 Å². The molecule has 4 nitrogen and oxygen atoms in total. The molecule has 0 aliphatic carbocycles. The largest absolute Gasteiger partial charge is 0.496 e. The average molecular weight is 277 g/mol. The van der Waals surface area contributed by atoms with E-state index in [2.05, 4.69) is 39.6 Å². The monoisotopic (exact) mass is 277 g/mol. The highest BCUT2D eigenvalue weighted by molar-refractivity contribution is 5.95. The predicted molar refractivity (Wildman–Crippen MR) is 84.4 cm³/mol. The summed E-state index contributed by atoms with van der Waals surface area (Å²) in [5, 5.41) is 7.55. The molecule has 0 bridgehead atoms. The molecule has 0 heterocycles. The average Bonchev–Trinajstić information content (AvgIpc) is 2.36. The lowest BCUT2D eigenvalue weighted by atomic mass is 9.87. The molecule has 0 aromatic heterocycles. The van der Waals surface area contributed by atoms with Gasteiger partial charge in [0.25, 0.3) is 0 Å². The second-order valence-electron chi connectivity index (χ2n) is 6.40. The molecule has 0 saturated carbocycles. The molecule has 0 fully saturated rings. The number of nitrogens with two attached hydrogens (primary N) is 1. The molecule has 0 amide bonds. The molecule has 0 aliphatic rings. The Morgan fingerprint density at radius 2 is 2.00 bits per heavy atom. The van der Waals surface area contributed by atoms with E-state index in [1.807, 2.05) is 18.2 Å². The fraction of sp³-hybridized carbons (Fsp3) is 0.562. The lowest BCUT2D eigenvalue weighted by molar-refractivity contribution is 0.133. The normalized spacial score (nSPS) is 13.3. The van der Waals surface area contributed by atoms with E-state index in [0.717, 1.165) is 23.4 Å². The van der Waals surface area contributed by atoms with Crippen molar-refractivity contribution in [3.8, 4) is 5.75 Å². The first-order valence-corrected chi connectivity index (χ1v) is 6.88. The van der Waals surface area contributed by atoms with E-state index in [1.54, 1.807) is 7.11 Å². The number of nitrogens with zero attached hydrogens (tertiary/aromatic N) is 1. The van der Waals surface area contributed by atoms with E-state index < -0.39 is 0 Å². The minimum Gasteiger partial charge on any atom is -0.496 e. The van der Waals surface area contributed by atoms with Gasteiger partial charge in [-0.15, -0.1) is 0 Å². The first-order chi connectivity index (χ1) is 9.16. The maximum absolute atomic E-state index is 7.55. The highest BCUT2D eigenvalue weighted by Gasteiger charge is 2.24. The van der Waals surface area contributed by atoms with Crippen molar-refractivity contribution in [2.45, 2.75) is 40.3 Å². The van der Waals surface area contributed by atoms with E-state index in [4.69, 9.17) is 15.9 Å². The number of hydrogen-bond acceptors (Lipinski definition) is 3. The summed E-state index contributed by atoms with van der Waals surface area (Å²) in [5.41, 5.74) is 7.56. The van der Waals surface area contributed by atoms with E-state index in [1.165, 1.54) is 0 Å². The second kappa shape index (κ2) is 6.27. The van der Waals surface area contributed by atoms with E-state index in [9.17, 15) is 0 Å². The Balaban J connectivity index is 3.01. The van der Waals surface area contributed by atoms with Gasteiger partial charge in [-0.2, -0.15) is 0 Å². The zero-order valence-electron chi connectivity index (χ0n) is 13.4. The van der Waals surface area contributed by atoms with Crippen molar-refractivity contribution in [1.29, 1.82) is 5.41 Å². The molecule has 0 radical (unpaired) electrons. The van der Waals surface area contributed by atoms with Crippen molar-refractivity contribution in [2.24, 2.45) is 11.1 Å². The SMILES string of the molecule is COc1ccc(C(=N)N)cc1CN(C)C(C)C(C)(C)C. The minimum absolute atomic E-state index is 0.0837. The van der Waals surface area contributed by atoms with Crippen molar-refractivity contribution < 1.29 is 4.74 Å². The zero-order valence-corrected chi connectivity index (χ0v) is 13.4. The summed E-state index contributed by atoms with van der Waals surface area (Å²) in [7, 11) is 3.77. The molecule has 3 N–H and O–H groups in total. The molecule has 4 heteroatoms. The third-order valence-corrected chi connectivity index (χ3v) is 3.93. The molecule has 0 saturated heterocycles. The lowest BCUT2D eigenvalue weighted by Gasteiger charge is -2.35. The summed E-state index contributed by atoms with van der Waals surface area (Å²) in [6.07, 6.45) is 0. The van der Waals surface area contributed by atoms with Crippen LogP contribution in [-0.2, 0) is 6.54 Å². The number of rotatable bonds is 5. The Bertz CT molecular complexity index is 477. The summed E-state index contributed by atoms with van der Waals surface area (Å²) in [5.74, 6) is 0.920. The van der Waals surface area contributed by atoms with Gasteiger partial charge in [-0.05, 0) is 37.6 Å². The van der Waals surface area contributed by atoms with Crippen molar-refractivity contribution in [3.63, 3.8) is 0 Å². The standard InChI is InChI=1S/C16H27N3O/c1-11(16(2,3)4)19(5)10-13-9-12(15(17)18)7-8-14(13)20-6/h7-9,11H,10H2,1-6H3,(H3,17,18). The highest BCUT2D eigenvalue weighted by atomic mass is 16.5. The fourth-order valence-electron chi connectivity index (χ4n) is 2.14. The molecule has 20 heavy (non-hydrogen) atoms. The number of amidine groups is 1. The number of nitrogen functional groups attached to an aromatic ring is 1. The summed E-state index contributed by atoms with van der Waals surface area (Å²) in [4.78, 5) is 2.29. The second-order valence-corrected chi connectivity index (χ2v) is 6.40. The van der Waals surface area contributed by atoms with Gasteiger partial charge in [-0.1, -0.05) is 20.8 Å². The first kappa shape index (κ1) is 16.5. The van der Waals surface area contributed by atoms with Crippen molar-refractivity contribution >= 4 is 5.84 Å². The molecule has 1 rings (SSSR count). The first-order valence-electron chi connectivity index (χ1n) is 6.88. The summed E-state index contributed by atoms with van der Waals surface area (Å²) in [6, 6.07) is 6.06. The van der Waals surface area contributed by atoms with Crippen LogP contribution in [0.15, 0.2) is 18.2 Å².